The van der Waals surface area contributed by atoms with Gasteiger partial charge in [-0.1, -0.05) is 18.3 Å². The Balaban J connectivity index is 0.00000200. The molecule has 2 atom stereocenters. The van der Waals surface area contributed by atoms with E-state index in [0.29, 0.717) is 6.42 Å². The van der Waals surface area contributed by atoms with Crippen LogP contribution in [0.2, 0.25) is 0 Å². The van der Waals surface area contributed by atoms with Gasteiger partial charge in [0.15, 0.2) is 0 Å². The molecule has 0 aliphatic carbocycles. The second-order valence-corrected chi connectivity index (χ2v) is 6.64. The fourth-order valence-corrected chi connectivity index (χ4v) is 4.46. The number of thioether (sulfide) groups is 2. The molecule has 1 amide bonds. The molecule has 0 bridgehead atoms. The van der Waals surface area contributed by atoms with Crippen LogP contribution in [0.4, 0.5) is 0 Å². The number of carbonyl (C=O) groups is 3. The van der Waals surface area contributed by atoms with E-state index in [1.807, 2.05) is 0 Å². The van der Waals surface area contributed by atoms with Crippen LogP contribution in [0, 0.1) is 0 Å². The van der Waals surface area contributed by atoms with Gasteiger partial charge in [0.25, 0.3) is 0 Å². The largest absolute Gasteiger partial charge is 1.00 e. The number of fused-ring (bicyclic) bond motifs is 1. The van der Waals surface area contributed by atoms with Crippen LogP contribution in [0.3, 0.4) is 0 Å². The molecule has 20 heavy (non-hydrogen) atoms. The molecule has 1 saturated heterocycles. The van der Waals surface area contributed by atoms with Crippen molar-refractivity contribution in [2.75, 3.05) is 7.11 Å². The van der Waals surface area contributed by atoms with Gasteiger partial charge in [-0.3, -0.25) is 4.79 Å². The van der Waals surface area contributed by atoms with E-state index in [9.17, 15) is 14.4 Å². The van der Waals surface area contributed by atoms with Gasteiger partial charge < -0.3 is 16.2 Å². The van der Waals surface area contributed by atoms with Crippen molar-refractivity contribution in [2.24, 2.45) is 0 Å². The summed E-state index contributed by atoms with van der Waals surface area (Å²) in [4.78, 5) is 35.3. The van der Waals surface area contributed by atoms with Crippen molar-refractivity contribution in [2.45, 2.75) is 16.4 Å². The number of amides is 1. The first-order valence-corrected chi connectivity index (χ1v) is 7.11. The molecule has 0 spiro atoms. The van der Waals surface area contributed by atoms with E-state index in [1.54, 1.807) is 0 Å². The molecule has 2 rings (SSSR count). The first-order chi connectivity index (χ1) is 8.93. The van der Waals surface area contributed by atoms with E-state index in [2.05, 4.69) is 11.3 Å². The van der Waals surface area contributed by atoms with Gasteiger partial charge in [0, 0.05) is 6.20 Å². The van der Waals surface area contributed by atoms with Gasteiger partial charge in [-0.05, 0) is 0 Å². The van der Waals surface area contributed by atoms with Gasteiger partial charge in [-0.15, -0.1) is 11.8 Å². The summed E-state index contributed by atoms with van der Waals surface area (Å²) in [6.45, 7) is 3.56. The summed E-state index contributed by atoms with van der Waals surface area (Å²) in [5.41, 5.74) is 0.0735. The molecule has 1 fully saturated rings. The molecule has 0 aromatic carbocycles. The Morgan fingerprint density at radius 2 is 2.30 bits per heavy atom. The fraction of sp³-hybridized carbons (Fsp3) is 0.364. The first-order valence-electron chi connectivity index (χ1n) is 5.29. The zero-order valence-corrected chi connectivity index (χ0v) is 14.6. The molecule has 1 N–H and O–H groups in total. The molecule has 0 radical (unpaired) electrons. The average Bonchev–Trinajstić information content (AvgIpc) is 2.36. The van der Waals surface area contributed by atoms with Crippen LogP contribution in [0.1, 0.15) is 7.85 Å². The monoisotopic (exact) mass is 325 g/mol. The normalized spacial score (nSPS) is 23.8. The number of methoxy groups -OCH3 is 1. The number of aliphatic carboxylic acids is 1. The third-order valence-electron chi connectivity index (χ3n) is 2.67. The number of ether oxygens (including phenoxy) is 1. The minimum Gasteiger partial charge on any atom is -1.00 e. The third-order valence-corrected chi connectivity index (χ3v) is 5.42. The minimum absolute atomic E-state index is 0. The summed E-state index contributed by atoms with van der Waals surface area (Å²) in [6, 6.07) is 0. The van der Waals surface area contributed by atoms with E-state index in [4.69, 9.17) is 5.11 Å². The number of carboxylic acids is 1. The maximum atomic E-state index is 11.3. The van der Waals surface area contributed by atoms with Crippen molar-refractivity contribution in [3.63, 3.8) is 0 Å². The van der Waals surface area contributed by atoms with E-state index < -0.39 is 16.5 Å². The SMILES string of the molecule is C=C(SC1S[C@@H]2CC(=O)N2C=C1C(=O)O)C(=O)OC.[H-].[Na+]. The van der Waals surface area contributed by atoms with E-state index in [0.717, 1.165) is 11.8 Å². The summed E-state index contributed by atoms with van der Waals surface area (Å²) in [6.07, 6.45) is 1.73. The summed E-state index contributed by atoms with van der Waals surface area (Å²) in [5.74, 6) is -1.78. The summed E-state index contributed by atoms with van der Waals surface area (Å²) in [7, 11) is 1.24. The average molecular weight is 325 g/mol. The predicted octanol–water partition coefficient (Wildman–Crippen LogP) is -1.88. The molecule has 2 aliphatic rings. The van der Waals surface area contributed by atoms with Crippen LogP contribution in [-0.2, 0) is 19.1 Å². The van der Waals surface area contributed by atoms with Crippen molar-refractivity contribution in [1.29, 1.82) is 0 Å². The third kappa shape index (κ3) is 3.43. The van der Waals surface area contributed by atoms with Gasteiger partial charge in [-0.25, -0.2) is 9.59 Å². The van der Waals surface area contributed by atoms with E-state index in [-0.39, 0.29) is 52.7 Å². The topological polar surface area (TPSA) is 83.9 Å². The van der Waals surface area contributed by atoms with Crippen LogP contribution in [0.5, 0.6) is 0 Å². The molecule has 2 aliphatic heterocycles. The molecule has 0 aromatic rings. The molecule has 104 valence electrons. The maximum Gasteiger partial charge on any atom is 1.00 e. The minimum atomic E-state index is -1.11. The number of carboxylic acid groups (broad SMARTS) is 1. The Morgan fingerprint density at radius 3 is 2.80 bits per heavy atom. The van der Waals surface area contributed by atoms with E-state index >= 15 is 0 Å². The number of nitrogens with zero attached hydrogens (tertiary/aromatic N) is 1. The van der Waals surface area contributed by atoms with Crippen molar-refractivity contribution >= 4 is 41.4 Å². The predicted molar refractivity (Wildman–Crippen MR) is 72.2 cm³/mol. The number of hydrogen-bond acceptors (Lipinski definition) is 6. The van der Waals surface area contributed by atoms with Gasteiger partial charge in [-0.2, -0.15) is 0 Å². The van der Waals surface area contributed by atoms with Crippen molar-refractivity contribution in [3.05, 3.63) is 23.3 Å². The standard InChI is InChI=1S/C11H11NO5S2.Na.H/c1-5(10(16)17-2)18-11-6(9(14)15)4-12-7(13)3-8(12)19-11;;/h4,8,11H,1,3H2,2H3,(H,14,15);;/q;+1;-1/t8-,11?;;/m1../s1. The maximum absolute atomic E-state index is 11.3. The molecular weight excluding hydrogens is 313 g/mol. The Morgan fingerprint density at radius 1 is 1.65 bits per heavy atom. The van der Waals surface area contributed by atoms with Crippen molar-refractivity contribution in [1.82, 2.24) is 4.90 Å². The summed E-state index contributed by atoms with van der Waals surface area (Å²) >= 11 is 2.37. The zero-order valence-electron chi connectivity index (χ0n) is 12.0. The van der Waals surface area contributed by atoms with Crippen LogP contribution in [0.25, 0.3) is 0 Å². The van der Waals surface area contributed by atoms with Crippen LogP contribution < -0.4 is 29.6 Å². The van der Waals surface area contributed by atoms with Gasteiger partial charge in [0.1, 0.15) is 0 Å². The van der Waals surface area contributed by atoms with Gasteiger partial charge in [0.05, 0.1) is 34.0 Å². The smallest absolute Gasteiger partial charge is 1.00 e. The number of β-lactam (4-membered cyclic amide) rings is 1. The second-order valence-electron chi connectivity index (χ2n) is 3.85. The zero-order chi connectivity index (χ0) is 14.2. The molecule has 2 heterocycles. The van der Waals surface area contributed by atoms with Gasteiger partial charge in [0.2, 0.25) is 5.91 Å². The molecule has 9 heteroatoms. The molecule has 0 aromatic heterocycles. The molecule has 0 saturated carbocycles. The van der Waals surface area contributed by atoms with Crippen molar-refractivity contribution < 1.29 is 55.2 Å². The molecule has 6 nitrogen and oxygen atoms in total. The van der Waals surface area contributed by atoms with Gasteiger partial charge >= 0.3 is 41.5 Å². The number of carbonyl (C=O) groups excluding carboxylic acids is 2. The van der Waals surface area contributed by atoms with Crippen LogP contribution in [-0.4, -0.2) is 44.9 Å². The Bertz CT molecular complexity index is 513. The number of rotatable bonds is 4. The number of esters is 1. The number of hydrogen-bond donors (Lipinski definition) is 1. The fourth-order valence-electron chi connectivity index (χ4n) is 1.64. The van der Waals surface area contributed by atoms with Crippen LogP contribution in [0.15, 0.2) is 23.3 Å². The summed E-state index contributed by atoms with van der Waals surface area (Å²) < 4.78 is 4.05. The van der Waals surface area contributed by atoms with Crippen molar-refractivity contribution in [3.8, 4) is 0 Å². The quantitative estimate of drug-likeness (QED) is 0.280. The second kappa shape index (κ2) is 7.04. The Labute approximate surface area is 147 Å². The molecule has 1 unspecified atom stereocenters. The Kier molecular flexibility index (Phi) is 6.21. The summed E-state index contributed by atoms with van der Waals surface area (Å²) in [5, 5.41) is 9.10. The van der Waals surface area contributed by atoms with Crippen LogP contribution >= 0.6 is 23.5 Å². The van der Waals surface area contributed by atoms with E-state index in [1.165, 1.54) is 30.0 Å². The Hall–Kier alpha value is -0.410. The first kappa shape index (κ1) is 17.6. The molecular formula is C11H12NNaO5S2.